The van der Waals surface area contributed by atoms with Crippen LogP contribution in [0.2, 0.25) is 0 Å². The fourth-order valence-corrected chi connectivity index (χ4v) is 1.80. The summed E-state index contributed by atoms with van der Waals surface area (Å²) in [6.45, 7) is 0. The maximum Gasteiger partial charge on any atom is 0.190 e. The van der Waals surface area contributed by atoms with Crippen LogP contribution in [0.5, 0.6) is 11.5 Å². The van der Waals surface area contributed by atoms with Crippen molar-refractivity contribution in [3.8, 4) is 11.5 Å². The Balaban J connectivity index is 1.96. The van der Waals surface area contributed by atoms with Gasteiger partial charge in [0.1, 0.15) is 11.5 Å². The molecule has 26 heavy (non-hydrogen) atoms. The molecule has 0 heterocycles. The molecule has 0 fully saturated rings. The lowest BCUT2D eigenvalue weighted by atomic mass is 10.2. The predicted molar refractivity (Wildman–Crippen MR) is 104 cm³/mol. The molecule has 2 aromatic carbocycles. The van der Waals surface area contributed by atoms with E-state index in [0.29, 0.717) is 0 Å². The predicted octanol–water partition coefficient (Wildman–Crippen LogP) is 1.79. The molecule has 8 heteroatoms. The van der Waals surface area contributed by atoms with Crippen molar-refractivity contribution in [2.24, 2.45) is 31.9 Å². The number of nitrogens with two attached hydrogens (primary N) is 2. The molecule has 2 aromatic rings. The van der Waals surface area contributed by atoms with Crippen LogP contribution >= 0.6 is 0 Å². The van der Waals surface area contributed by atoms with Gasteiger partial charge in [0.2, 0.25) is 0 Å². The molecule has 134 valence electrons. The Labute approximate surface area is 151 Å². The molecule has 0 bridgehead atoms. The lowest BCUT2D eigenvalue weighted by molar-refractivity contribution is 0.414. The zero-order valence-corrected chi connectivity index (χ0v) is 14.5. The van der Waals surface area contributed by atoms with Gasteiger partial charge in [-0.25, -0.2) is 0 Å². The van der Waals surface area contributed by atoms with Gasteiger partial charge in [0.05, 0.1) is 26.6 Å². The van der Waals surface area contributed by atoms with Crippen LogP contribution in [0.4, 0.5) is 0 Å². The minimum atomic E-state index is -0.0263. The normalized spacial score (nSPS) is 12.7. The standard InChI is InChI=1S/C18H20N6O2/c1-25-15-7-3-13(4-8-15)11-21-23-17(19)18(20)24-22-12-14-5-9-16(26-2)10-6-14/h3-12H,1-2H3,(H2,19,23)(H2,20,24)/b21-11-,22-12?. The number of ether oxygens (including phenoxy) is 2. The fourth-order valence-electron chi connectivity index (χ4n) is 1.80. The van der Waals surface area contributed by atoms with Gasteiger partial charge >= 0.3 is 0 Å². The molecule has 0 spiro atoms. The van der Waals surface area contributed by atoms with Crippen molar-refractivity contribution in [1.29, 1.82) is 0 Å². The lowest BCUT2D eigenvalue weighted by Crippen LogP contribution is -2.30. The van der Waals surface area contributed by atoms with E-state index >= 15 is 0 Å². The van der Waals surface area contributed by atoms with E-state index in [1.54, 1.807) is 26.6 Å². The van der Waals surface area contributed by atoms with Crippen LogP contribution in [0.1, 0.15) is 11.1 Å². The summed E-state index contributed by atoms with van der Waals surface area (Å²) in [5, 5.41) is 15.3. The molecule has 0 atom stereocenters. The van der Waals surface area contributed by atoms with Crippen LogP contribution < -0.4 is 20.9 Å². The van der Waals surface area contributed by atoms with Crippen molar-refractivity contribution >= 4 is 24.1 Å². The second kappa shape index (κ2) is 9.58. The Bertz CT molecular complexity index is 752. The molecule has 0 saturated carbocycles. The lowest BCUT2D eigenvalue weighted by Gasteiger charge is -1.98. The topological polar surface area (TPSA) is 120 Å². The summed E-state index contributed by atoms with van der Waals surface area (Å²) >= 11 is 0. The van der Waals surface area contributed by atoms with E-state index in [1.807, 2.05) is 48.5 Å². The average Bonchev–Trinajstić information content (AvgIpc) is 2.68. The van der Waals surface area contributed by atoms with Crippen molar-refractivity contribution in [2.75, 3.05) is 14.2 Å². The number of amidine groups is 2. The number of hydrogen-bond acceptors (Lipinski definition) is 6. The van der Waals surface area contributed by atoms with Gasteiger partial charge in [-0.15, -0.1) is 10.2 Å². The van der Waals surface area contributed by atoms with E-state index in [9.17, 15) is 0 Å². The second-order valence-electron chi connectivity index (χ2n) is 5.01. The van der Waals surface area contributed by atoms with Crippen LogP contribution in [0.25, 0.3) is 0 Å². The third-order valence-electron chi connectivity index (χ3n) is 3.24. The van der Waals surface area contributed by atoms with Crippen molar-refractivity contribution in [2.45, 2.75) is 0 Å². The molecule has 2 rings (SSSR count). The van der Waals surface area contributed by atoms with Crippen LogP contribution in [0.3, 0.4) is 0 Å². The van der Waals surface area contributed by atoms with Gasteiger partial charge < -0.3 is 20.9 Å². The van der Waals surface area contributed by atoms with E-state index in [-0.39, 0.29) is 11.7 Å². The highest BCUT2D eigenvalue weighted by Gasteiger charge is 1.98. The molecule has 0 aliphatic carbocycles. The van der Waals surface area contributed by atoms with Crippen LogP contribution in [-0.4, -0.2) is 38.3 Å². The van der Waals surface area contributed by atoms with Crippen LogP contribution in [0.15, 0.2) is 68.9 Å². The first kappa shape index (κ1) is 18.7. The summed E-state index contributed by atoms with van der Waals surface area (Å²) in [4.78, 5) is 0. The van der Waals surface area contributed by atoms with Gasteiger partial charge in [-0.3, -0.25) is 0 Å². The number of hydrogen-bond donors (Lipinski definition) is 2. The summed E-state index contributed by atoms with van der Waals surface area (Å²) in [6.07, 6.45) is 3.08. The highest BCUT2D eigenvalue weighted by atomic mass is 16.5. The first-order valence-corrected chi connectivity index (χ1v) is 7.64. The monoisotopic (exact) mass is 352 g/mol. The Morgan fingerprint density at radius 3 is 1.35 bits per heavy atom. The zero-order chi connectivity index (χ0) is 18.8. The molecule has 0 aliphatic heterocycles. The first-order chi connectivity index (χ1) is 12.6. The second-order valence-corrected chi connectivity index (χ2v) is 5.01. The minimum absolute atomic E-state index is 0.0263. The highest BCUT2D eigenvalue weighted by molar-refractivity contribution is 6.39. The van der Waals surface area contributed by atoms with Gasteiger partial charge in [0.25, 0.3) is 0 Å². The quantitative estimate of drug-likeness (QED) is 0.468. The average molecular weight is 352 g/mol. The highest BCUT2D eigenvalue weighted by Crippen LogP contribution is 2.10. The SMILES string of the molecule is COc1ccc(C=N\N=C(N)/C(N)=N/N=C\c2ccc(OC)cc2)cc1. The van der Waals surface area contributed by atoms with Crippen LogP contribution in [0, 0.1) is 0 Å². The van der Waals surface area contributed by atoms with Gasteiger partial charge in [-0.05, 0) is 59.7 Å². The molecule has 4 N–H and O–H groups in total. The first-order valence-electron chi connectivity index (χ1n) is 7.64. The summed E-state index contributed by atoms with van der Waals surface area (Å²) < 4.78 is 10.2. The van der Waals surface area contributed by atoms with Gasteiger partial charge in [-0.1, -0.05) is 0 Å². The maximum atomic E-state index is 5.71. The summed E-state index contributed by atoms with van der Waals surface area (Å²) in [5.41, 5.74) is 13.1. The fraction of sp³-hybridized carbons (Fsp3) is 0.111. The molecular weight excluding hydrogens is 332 g/mol. The number of benzene rings is 2. The molecule has 0 amide bonds. The Morgan fingerprint density at radius 2 is 1.04 bits per heavy atom. The Kier molecular flexibility index (Phi) is 6.87. The van der Waals surface area contributed by atoms with Gasteiger partial charge in [-0.2, -0.15) is 10.2 Å². The Morgan fingerprint density at radius 1 is 0.692 bits per heavy atom. The summed E-state index contributed by atoms with van der Waals surface area (Å²) in [6, 6.07) is 14.6. The molecule has 8 nitrogen and oxygen atoms in total. The van der Waals surface area contributed by atoms with Crippen molar-refractivity contribution in [3.63, 3.8) is 0 Å². The van der Waals surface area contributed by atoms with Gasteiger partial charge in [0.15, 0.2) is 11.7 Å². The van der Waals surface area contributed by atoms with Gasteiger partial charge in [0, 0.05) is 0 Å². The van der Waals surface area contributed by atoms with Crippen molar-refractivity contribution in [1.82, 2.24) is 0 Å². The summed E-state index contributed by atoms with van der Waals surface area (Å²) in [5.74, 6) is 1.47. The molecule has 0 aliphatic rings. The van der Waals surface area contributed by atoms with E-state index in [2.05, 4.69) is 20.4 Å². The summed E-state index contributed by atoms with van der Waals surface area (Å²) in [7, 11) is 3.21. The van der Waals surface area contributed by atoms with Crippen molar-refractivity contribution in [3.05, 3.63) is 59.7 Å². The molecular formula is C18H20N6O2. The van der Waals surface area contributed by atoms with E-state index in [0.717, 1.165) is 22.6 Å². The van der Waals surface area contributed by atoms with E-state index in [4.69, 9.17) is 20.9 Å². The minimum Gasteiger partial charge on any atom is -0.497 e. The molecule has 0 aromatic heterocycles. The zero-order valence-electron chi connectivity index (χ0n) is 14.5. The molecule has 0 saturated heterocycles. The Hall–Kier alpha value is -3.68. The molecule has 0 radical (unpaired) electrons. The number of methoxy groups -OCH3 is 2. The number of nitrogens with zero attached hydrogens (tertiary/aromatic N) is 4. The van der Waals surface area contributed by atoms with Crippen LogP contribution in [-0.2, 0) is 0 Å². The largest absolute Gasteiger partial charge is 0.497 e. The van der Waals surface area contributed by atoms with Crippen molar-refractivity contribution < 1.29 is 9.47 Å². The third kappa shape index (κ3) is 5.75. The van der Waals surface area contributed by atoms with E-state index in [1.165, 1.54) is 0 Å². The molecule has 0 unspecified atom stereocenters. The smallest absolute Gasteiger partial charge is 0.190 e. The number of rotatable bonds is 6. The third-order valence-corrected chi connectivity index (χ3v) is 3.24. The van der Waals surface area contributed by atoms with E-state index < -0.39 is 0 Å². The maximum absolute atomic E-state index is 5.71.